The van der Waals surface area contributed by atoms with Crippen molar-refractivity contribution in [3.63, 3.8) is 0 Å². The molecule has 19 heavy (non-hydrogen) atoms. The fourth-order valence-electron chi connectivity index (χ4n) is 3.34. The normalized spacial score (nSPS) is 18.8. The average molecular weight is 268 g/mol. The van der Waals surface area contributed by atoms with E-state index in [4.69, 9.17) is 5.73 Å². The van der Waals surface area contributed by atoms with Gasteiger partial charge in [-0.1, -0.05) is 40.5 Å². The van der Waals surface area contributed by atoms with Crippen LogP contribution in [0, 0.1) is 16.7 Å². The third-order valence-corrected chi connectivity index (χ3v) is 4.39. The quantitative estimate of drug-likeness (QED) is 0.745. The van der Waals surface area contributed by atoms with Crippen LogP contribution in [0.15, 0.2) is 0 Å². The molecule has 0 heterocycles. The zero-order chi connectivity index (χ0) is 14.5. The van der Waals surface area contributed by atoms with Gasteiger partial charge in [0.2, 0.25) is 5.91 Å². The first-order valence-corrected chi connectivity index (χ1v) is 7.80. The summed E-state index contributed by atoms with van der Waals surface area (Å²) in [6.07, 6.45) is 6.50. The van der Waals surface area contributed by atoms with Crippen molar-refractivity contribution in [1.82, 2.24) is 5.32 Å². The molecular weight excluding hydrogens is 236 g/mol. The number of hydrogen-bond acceptors (Lipinski definition) is 2. The summed E-state index contributed by atoms with van der Waals surface area (Å²) >= 11 is 0. The maximum atomic E-state index is 12.6. The summed E-state index contributed by atoms with van der Waals surface area (Å²) in [5.74, 6) is 0.865. The lowest BCUT2D eigenvalue weighted by Gasteiger charge is -2.32. The Morgan fingerprint density at radius 3 is 2.37 bits per heavy atom. The minimum atomic E-state index is -0.0903. The highest BCUT2D eigenvalue weighted by Crippen LogP contribution is 2.43. The largest absolute Gasteiger partial charge is 0.355 e. The lowest BCUT2D eigenvalue weighted by atomic mass is 9.77. The van der Waals surface area contributed by atoms with Crippen molar-refractivity contribution in [2.75, 3.05) is 13.1 Å². The van der Waals surface area contributed by atoms with E-state index in [-0.39, 0.29) is 16.7 Å². The molecule has 3 nitrogen and oxygen atoms in total. The maximum absolute atomic E-state index is 12.6. The van der Waals surface area contributed by atoms with Crippen LogP contribution in [0.25, 0.3) is 0 Å². The predicted molar refractivity (Wildman–Crippen MR) is 80.8 cm³/mol. The molecule has 1 amide bonds. The summed E-state index contributed by atoms with van der Waals surface area (Å²) in [5.41, 5.74) is 5.63. The maximum Gasteiger partial charge on any atom is 0.226 e. The number of rotatable bonds is 7. The molecule has 1 fully saturated rings. The lowest BCUT2D eigenvalue weighted by molar-refractivity contribution is -0.132. The van der Waals surface area contributed by atoms with Gasteiger partial charge in [0, 0.05) is 12.0 Å². The average Bonchev–Trinajstić information content (AvgIpc) is 2.74. The van der Waals surface area contributed by atoms with Gasteiger partial charge in [-0.3, -0.25) is 4.79 Å². The third kappa shape index (κ3) is 4.79. The molecule has 0 bridgehead atoms. The third-order valence-electron chi connectivity index (χ3n) is 4.39. The first-order valence-electron chi connectivity index (χ1n) is 7.80. The van der Waals surface area contributed by atoms with Crippen molar-refractivity contribution in [3.05, 3.63) is 0 Å². The summed E-state index contributed by atoms with van der Waals surface area (Å²) in [5, 5.41) is 3.20. The highest BCUT2D eigenvalue weighted by molar-refractivity contribution is 5.83. The summed E-state index contributed by atoms with van der Waals surface area (Å²) < 4.78 is 0. The molecule has 1 saturated carbocycles. The molecular formula is C16H32N2O. The zero-order valence-corrected chi connectivity index (χ0v) is 13.2. The van der Waals surface area contributed by atoms with E-state index in [1.54, 1.807) is 0 Å². The van der Waals surface area contributed by atoms with Crippen molar-refractivity contribution in [3.8, 4) is 0 Å². The topological polar surface area (TPSA) is 55.1 Å². The number of hydrogen-bond donors (Lipinski definition) is 2. The monoisotopic (exact) mass is 268 g/mol. The van der Waals surface area contributed by atoms with E-state index in [0.717, 1.165) is 32.2 Å². The molecule has 0 spiro atoms. The van der Waals surface area contributed by atoms with Crippen LogP contribution in [0.3, 0.4) is 0 Å². The molecule has 0 aromatic carbocycles. The van der Waals surface area contributed by atoms with E-state index in [1.165, 1.54) is 12.8 Å². The second-order valence-electron chi connectivity index (χ2n) is 7.47. The number of nitrogens with one attached hydrogen (secondary N) is 1. The molecule has 3 N–H and O–H groups in total. The number of carbonyl (C=O) groups is 1. The van der Waals surface area contributed by atoms with Gasteiger partial charge in [0.05, 0.1) is 0 Å². The Balaban J connectivity index is 2.58. The molecule has 112 valence electrons. The van der Waals surface area contributed by atoms with Crippen molar-refractivity contribution in [1.29, 1.82) is 0 Å². The van der Waals surface area contributed by atoms with Gasteiger partial charge in [-0.05, 0) is 43.6 Å². The van der Waals surface area contributed by atoms with Crippen LogP contribution < -0.4 is 11.1 Å². The van der Waals surface area contributed by atoms with Gasteiger partial charge in [0.25, 0.3) is 0 Å². The van der Waals surface area contributed by atoms with Crippen molar-refractivity contribution >= 4 is 5.91 Å². The lowest BCUT2D eigenvalue weighted by Crippen LogP contribution is -2.44. The first kappa shape index (κ1) is 16.5. The van der Waals surface area contributed by atoms with E-state index in [1.807, 2.05) is 0 Å². The Kier molecular flexibility index (Phi) is 5.84. The number of amides is 1. The van der Waals surface area contributed by atoms with Crippen LogP contribution in [0.1, 0.15) is 66.2 Å². The van der Waals surface area contributed by atoms with Crippen LogP contribution in [0.4, 0.5) is 0 Å². The van der Waals surface area contributed by atoms with Crippen molar-refractivity contribution in [2.45, 2.75) is 66.2 Å². The molecule has 0 unspecified atom stereocenters. The Bertz CT molecular complexity index is 291. The molecule has 0 aromatic heterocycles. The molecule has 1 aliphatic carbocycles. The highest BCUT2D eigenvalue weighted by Gasteiger charge is 2.41. The summed E-state index contributed by atoms with van der Waals surface area (Å²) in [4.78, 5) is 12.6. The van der Waals surface area contributed by atoms with Crippen molar-refractivity contribution in [2.24, 2.45) is 22.5 Å². The molecule has 1 aliphatic rings. The van der Waals surface area contributed by atoms with Crippen LogP contribution in [0.2, 0.25) is 0 Å². The van der Waals surface area contributed by atoms with E-state index >= 15 is 0 Å². The standard InChI is InChI=1S/C16H32N2O/c1-13(2)11-16(7-5-6-8-16)14(19)18-12-15(3,4)9-10-17/h13H,5-12,17H2,1-4H3,(H,18,19). The molecule has 3 heteroatoms. The summed E-state index contributed by atoms with van der Waals surface area (Å²) in [7, 11) is 0. The van der Waals surface area contributed by atoms with E-state index < -0.39 is 0 Å². The fraction of sp³-hybridized carbons (Fsp3) is 0.938. The van der Waals surface area contributed by atoms with E-state index in [9.17, 15) is 4.79 Å². The summed E-state index contributed by atoms with van der Waals surface area (Å²) in [6.45, 7) is 10.2. The van der Waals surface area contributed by atoms with Crippen LogP contribution >= 0.6 is 0 Å². The number of nitrogens with two attached hydrogens (primary N) is 1. The number of carbonyl (C=O) groups excluding carboxylic acids is 1. The van der Waals surface area contributed by atoms with E-state index in [2.05, 4.69) is 33.0 Å². The Morgan fingerprint density at radius 1 is 1.32 bits per heavy atom. The fourth-order valence-corrected chi connectivity index (χ4v) is 3.34. The minimum absolute atomic E-state index is 0.0903. The van der Waals surface area contributed by atoms with Crippen LogP contribution in [0.5, 0.6) is 0 Å². The SMILES string of the molecule is CC(C)CC1(C(=O)NCC(C)(C)CCN)CCCC1. The first-order chi connectivity index (χ1) is 8.81. The van der Waals surface area contributed by atoms with Gasteiger partial charge in [0.15, 0.2) is 0 Å². The second-order valence-corrected chi connectivity index (χ2v) is 7.47. The summed E-state index contributed by atoms with van der Waals surface area (Å²) in [6, 6.07) is 0. The van der Waals surface area contributed by atoms with Gasteiger partial charge in [-0.15, -0.1) is 0 Å². The minimum Gasteiger partial charge on any atom is -0.355 e. The molecule has 0 saturated heterocycles. The van der Waals surface area contributed by atoms with E-state index in [0.29, 0.717) is 12.5 Å². The predicted octanol–water partition coefficient (Wildman–Crippen LogP) is 3.08. The Labute approximate surface area is 118 Å². The van der Waals surface area contributed by atoms with Gasteiger partial charge in [-0.2, -0.15) is 0 Å². The van der Waals surface area contributed by atoms with Gasteiger partial charge >= 0.3 is 0 Å². The molecule has 1 rings (SSSR count). The van der Waals surface area contributed by atoms with Gasteiger partial charge in [-0.25, -0.2) is 0 Å². The molecule has 0 atom stereocenters. The van der Waals surface area contributed by atoms with Crippen LogP contribution in [-0.2, 0) is 4.79 Å². The molecule has 0 radical (unpaired) electrons. The van der Waals surface area contributed by atoms with Gasteiger partial charge < -0.3 is 11.1 Å². The molecule has 0 aliphatic heterocycles. The highest BCUT2D eigenvalue weighted by atomic mass is 16.2. The second kappa shape index (κ2) is 6.74. The van der Waals surface area contributed by atoms with Gasteiger partial charge in [0.1, 0.15) is 0 Å². The van der Waals surface area contributed by atoms with Crippen LogP contribution in [-0.4, -0.2) is 19.0 Å². The zero-order valence-electron chi connectivity index (χ0n) is 13.2. The smallest absolute Gasteiger partial charge is 0.226 e. The Hall–Kier alpha value is -0.570. The Morgan fingerprint density at radius 2 is 1.89 bits per heavy atom. The molecule has 0 aromatic rings. The van der Waals surface area contributed by atoms with Crippen molar-refractivity contribution < 1.29 is 4.79 Å².